The average molecular weight is 290 g/mol. The molecular formula is C14H26O3Ti. The van der Waals surface area contributed by atoms with Crippen LogP contribution in [0.5, 0.6) is 0 Å². The van der Waals surface area contributed by atoms with Crippen molar-refractivity contribution in [3.63, 3.8) is 0 Å². The normalized spacial score (nSPS) is 10.9. The zero-order chi connectivity index (χ0) is 14.3. The zero-order valence-electron chi connectivity index (χ0n) is 12.4. The van der Waals surface area contributed by atoms with Gasteiger partial charge < -0.3 is 15.3 Å². The fraction of sp³-hybridized carbons (Fsp3) is 0.714. The van der Waals surface area contributed by atoms with Gasteiger partial charge in [0, 0.05) is 0 Å². The summed E-state index contributed by atoms with van der Waals surface area (Å²) in [7, 11) is 0. The Hall–Kier alpha value is 0.0743. The summed E-state index contributed by atoms with van der Waals surface area (Å²) in [4.78, 5) is 0. The van der Waals surface area contributed by atoms with Gasteiger partial charge in [0.25, 0.3) is 0 Å². The van der Waals surface area contributed by atoms with E-state index >= 15 is 0 Å². The molecule has 0 saturated carbocycles. The van der Waals surface area contributed by atoms with Crippen molar-refractivity contribution in [2.75, 3.05) is 0 Å². The molecule has 1 aliphatic rings. The van der Waals surface area contributed by atoms with Crippen LogP contribution in [0.25, 0.3) is 0 Å². The van der Waals surface area contributed by atoms with Gasteiger partial charge in [-0.25, -0.2) is 12.2 Å². The van der Waals surface area contributed by atoms with Crippen LogP contribution in [0.4, 0.5) is 0 Å². The topological polar surface area (TPSA) is 69.2 Å². The van der Waals surface area contributed by atoms with E-state index in [0.29, 0.717) is 0 Å². The van der Waals surface area contributed by atoms with Crippen molar-refractivity contribution >= 4 is 0 Å². The minimum absolute atomic E-state index is 0. The molecule has 18 heavy (non-hydrogen) atoms. The van der Waals surface area contributed by atoms with Crippen LogP contribution in [0, 0.1) is 6.08 Å². The van der Waals surface area contributed by atoms with E-state index in [9.17, 15) is 15.3 Å². The second-order valence-corrected chi connectivity index (χ2v) is 4.15. The predicted molar refractivity (Wildman–Crippen MR) is 67.0 cm³/mol. The van der Waals surface area contributed by atoms with Crippen LogP contribution in [-0.2, 0) is 21.7 Å². The molecule has 0 aromatic carbocycles. The number of hydrogen-bond donors (Lipinski definition) is 0. The summed E-state index contributed by atoms with van der Waals surface area (Å²) in [5, 5.41) is 28.6. The van der Waals surface area contributed by atoms with Gasteiger partial charge in [-0.15, -0.1) is 24.7 Å². The Morgan fingerprint density at radius 2 is 1.11 bits per heavy atom. The van der Waals surface area contributed by atoms with Crippen molar-refractivity contribution < 1.29 is 37.0 Å². The quantitative estimate of drug-likeness (QED) is 0.484. The Balaban J connectivity index is -0.0000000719. The molecular weight excluding hydrogens is 264 g/mol. The fourth-order valence-corrected chi connectivity index (χ4v) is 0.340. The van der Waals surface area contributed by atoms with Gasteiger partial charge in [-0.05, 0) is 0 Å². The maximum absolute atomic E-state index is 9.53. The minimum Gasteiger partial charge on any atom is -0.852 e. The van der Waals surface area contributed by atoms with E-state index in [4.69, 9.17) is 0 Å². The molecule has 0 saturated heterocycles. The standard InChI is InChI=1S/C5H5.3C3H7O.Ti/c1-2-4-5-3-1;3*1-3(2)4;/h1-3H,4H2;3*3H,1-2H3;/q4*-1;+4. The largest absolute Gasteiger partial charge is 4.00 e. The molecule has 0 atom stereocenters. The Labute approximate surface area is 128 Å². The SMILES string of the molecule is CC(C)[O-].CC(C)[O-].CC(C)[O-].[C-]1=CC=CC1.[Ti+4]. The van der Waals surface area contributed by atoms with E-state index in [0.717, 1.165) is 6.42 Å². The van der Waals surface area contributed by atoms with Gasteiger partial charge in [0.1, 0.15) is 0 Å². The Morgan fingerprint density at radius 3 is 1.17 bits per heavy atom. The molecule has 0 spiro atoms. The monoisotopic (exact) mass is 290 g/mol. The Kier molecular flexibility index (Phi) is 32.9. The molecule has 0 aromatic heterocycles. The predicted octanol–water partition coefficient (Wildman–Crippen LogP) is 0.568. The fourth-order valence-electron chi connectivity index (χ4n) is 0.340. The van der Waals surface area contributed by atoms with Gasteiger partial charge in [0.05, 0.1) is 0 Å². The molecule has 0 bridgehead atoms. The molecule has 0 amide bonds. The second kappa shape index (κ2) is 22.3. The first-order chi connectivity index (χ1) is 7.70. The van der Waals surface area contributed by atoms with Crippen molar-refractivity contribution in [3.05, 3.63) is 24.3 Å². The van der Waals surface area contributed by atoms with Gasteiger partial charge in [0.15, 0.2) is 0 Å². The molecule has 1 rings (SSSR count). The minimum atomic E-state index is -0.417. The van der Waals surface area contributed by atoms with Crippen LogP contribution >= 0.6 is 0 Å². The maximum Gasteiger partial charge on any atom is 4.00 e. The maximum atomic E-state index is 9.53. The van der Waals surface area contributed by atoms with Gasteiger partial charge in [-0.2, -0.15) is 6.08 Å². The summed E-state index contributed by atoms with van der Waals surface area (Å²) >= 11 is 0. The molecule has 0 fully saturated rings. The summed E-state index contributed by atoms with van der Waals surface area (Å²) in [6.45, 7) is 9.67. The summed E-state index contributed by atoms with van der Waals surface area (Å²) < 4.78 is 0. The number of rotatable bonds is 0. The Bertz CT molecular complexity index is 143. The van der Waals surface area contributed by atoms with Crippen molar-refractivity contribution in [1.29, 1.82) is 0 Å². The van der Waals surface area contributed by atoms with Gasteiger partial charge >= 0.3 is 21.7 Å². The van der Waals surface area contributed by atoms with Crippen molar-refractivity contribution in [3.8, 4) is 0 Å². The zero-order valence-corrected chi connectivity index (χ0v) is 14.0. The third kappa shape index (κ3) is 142. The third-order valence-electron chi connectivity index (χ3n) is 0.586. The molecule has 0 heterocycles. The van der Waals surface area contributed by atoms with E-state index in [1.807, 2.05) is 12.2 Å². The molecule has 3 nitrogen and oxygen atoms in total. The smallest absolute Gasteiger partial charge is 0.852 e. The summed E-state index contributed by atoms with van der Waals surface area (Å²) in [5.74, 6) is 0. The molecule has 104 valence electrons. The Morgan fingerprint density at radius 1 is 0.833 bits per heavy atom. The van der Waals surface area contributed by atoms with E-state index in [1.165, 1.54) is 0 Å². The van der Waals surface area contributed by atoms with Crippen LogP contribution in [-0.4, -0.2) is 18.3 Å². The molecule has 0 radical (unpaired) electrons. The first kappa shape index (κ1) is 26.6. The first-order valence-electron chi connectivity index (χ1n) is 5.89. The van der Waals surface area contributed by atoms with E-state index < -0.39 is 18.3 Å². The summed E-state index contributed by atoms with van der Waals surface area (Å²) in [6, 6.07) is 0. The molecule has 1 aliphatic carbocycles. The average Bonchev–Trinajstić information content (AvgIpc) is 2.53. The van der Waals surface area contributed by atoms with Crippen molar-refractivity contribution in [2.45, 2.75) is 66.3 Å². The molecule has 0 unspecified atom stereocenters. The van der Waals surface area contributed by atoms with E-state index in [2.05, 4.69) is 12.2 Å². The third-order valence-corrected chi connectivity index (χ3v) is 0.586. The van der Waals surface area contributed by atoms with Crippen molar-refractivity contribution in [2.24, 2.45) is 0 Å². The first-order valence-corrected chi connectivity index (χ1v) is 5.89. The van der Waals surface area contributed by atoms with E-state index in [-0.39, 0.29) is 21.7 Å². The van der Waals surface area contributed by atoms with Gasteiger partial charge in [-0.3, -0.25) is 6.08 Å². The van der Waals surface area contributed by atoms with Crippen LogP contribution in [0.1, 0.15) is 48.0 Å². The van der Waals surface area contributed by atoms with Crippen LogP contribution in [0.2, 0.25) is 0 Å². The molecule has 0 aromatic rings. The summed E-state index contributed by atoms with van der Waals surface area (Å²) in [5.41, 5.74) is 0. The summed E-state index contributed by atoms with van der Waals surface area (Å²) in [6.07, 6.45) is 8.75. The molecule has 0 N–H and O–H groups in total. The molecule has 0 aliphatic heterocycles. The number of hydrogen-bond acceptors (Lipinski definition) is 3. The van der Waals surface area contributed by atoms with Gasteiger partial charge in [0.2, 0.25) is 0 Å². The number of allylic oxidation sites excluding steroid dienone is 4. The van der Waals surface area contributed by atoms with Crippen LogP contribution in [0.15, 0.2) is 18.2 Å². The van der Waals surface area contributed by atoms with Crippen LogP contribution < -0.4 is 15.3 Å². The van der Waals surface area contributed by atoms with Crippen LogP contribution in [0.3, 0.4) is 0 Å². The van der Waals surface area contributed by atoms with E-state index in [1.54, 1.807) is 41.5 Å². The molecule has 4 heteroatoms. The van der Waals surface area contributed by atoms with Gasteiger partial charge in [-0.1, -0.05) is 41.5 Å². The van der Waals surface area contributed by atoms with Crippen molar-refractivity contribution in [1.82, 2.24) is 0 Å². The second-order valence-electron chi connectivity index (χ2n) is 4.15.